The molecule has 16 heteroatoms. The monoisotopic (exact) mass is 1920 g/mol. The van der Waals surface area contributed by atoms with Crippen LogP contribution in [0.25, 0.3) is 268 Å². The van der Waals surface area contributed by atoms with Crippen LogP contribution >= 0.6 is 0 Å². The minimum atomic E-state index is 0.560. The molecule has 0 aliphatic carbocycles. The van der Waals surface area contributed by atoms with Crippen LogP contribution in [-0.4, -0.2) is 79.7 Å². The van der Waals surface area contributed by atoms with Gasteiger partial charge in [-0.2, -0.15) is 0 Å². The van der Waals surface area contributed by atoms with Crippen molar-refractivity contribution >= 4 is 65.0 Å². The summed E-state index contributed by atoms with van der Waals surface area (Å²) in [5.74, 6) is 3.48. The first-order valence-corrected chi connectivity index (χ1v) is 49.6. The maximum absolute atomic E-state index is 5.22. The molecule has 16 nitrogen and oxygen atoms in total. The molecule has 0 aliphatic rings. The van der Waals surface area contributed by atoms with E-state index in [1.165, 1.54) is 81.9 Å². The van der Waals surface area contributed by atoms with E-state index >= 15 is 0 Å². The number of hydrogen-bond acceptors (Lipinski definition) is 16. The molecule has 702 valence electrons. The minimum absolute atomic E-state index is 0.560. The van der Waals surface area contributed by atoms with Gasteiger partial charge in [0, 0.05) is 128 Å². The first-order chi connectivity index (χ1) is 74.3. The normalized spacial score (nSPS) is 11.2. The fourth-order valence-corrected chi connectivity index (χ4v) is 19.6. The Morgan fingerprint density at radius 3 is 0.727 bits per heavy atom. The van der Waals surface area contributed by atoms with Crippen molar-refractivity contribution in [3.8, 4) is 203 Å². The number of rotatable bonds is 18. The Bertz CT molecular complexity index is 8580. The Balaban J connectivity index is 0.000000116. The molecule has 0 saturated heterocycles. The van der Waals surface area contributed by atoms with Crippen LogP contribution in [-0.2, 0) is 0 Å². The Kier molecular flexibility index (Phi) is 24.8. The van der Waals surface area contributed by atoms with Crippen molar-refractivity contribution in [2.75, 3.05) is 0 Å². The molecule has 0 fully saturated rings. The maximum atomic E-state index is 5.22. The van der Waals surface area contributed by atoms with Crippen molar-refractivity contribution in [3.63, 3.8) is 0 Å². The molecule has 0 unspecified atom stereocenters. The summed E-state index contributed by atoms with van der Waals surface area (Å²) in [7, 11) is 0. The van der Waals surface area contributed by atoms with Crippen molar-refractivity contribution < 1.29 is 0 Å². The molecule has 0 N–H and O–H groups in total. The Morgan fingerprint density at radius 1 is 0.127 bits per heavy atom. The molecule has 150 heavy (non-hydrogen) atoms. The lowest BCUT2D eigenvalue weighted by molar-refractivity contribution is 1.07. The third-order valence-corrected chi connectivity index (χ3v) is 27.0. The molecule has 15 aromatic carbocycles. The number of pyridine rings is 10. The number of fused-ring (bicyclic) bond motifs is 9. The first kappa shape index (κ1) is 90.6. The molecule has 0 amide bonds. The third kappa shape index (κ3) is 19.0. The summed E-state index contributed by atoms with van der Waals surface area (Å²) in [6.45, 7) is 0. The van der Waals surface area contributed by atoms with Gasteiger partial charge < -0.3 is 0 Å². The third-order valence-electron chi connectivity index (χ3n) is 27.0. The van der Waals surface area contributed by atoms with Crippen LogP contribution in [0.3, 0.4) is 0 Å². The van der Waals surface area contributed by atoms with Crippen molar-refractivity contribution in [1.29, 1.82) is 0 Å². The number of benzene rings is 15. The van der Waals surface area contributed by atoms with E-state index in [9.17, 15) is 0 Å². The van der Waals surface area contributed by atoms with E-state index in [0.717, 1.165) is 151 Å². The minimum Gasteiger partial charge on any atom is -0.265 e. The van der Waals surface area contributed by atoms with E-state index in [1.54, 1.807) is 62.0 Å². The quantitative estimate of drug-likeness (QED) is 0.0732. The Labute approximate surface area is 864 Å². The van der Waals surface area contributed by atoms with Gasteiger partial charge in [0.05, 0.1) is 56.4 Å². The van der Waals surface area contributed by atoms with E-state index in [2.05, 4.69) is 406 Å². The highest BCUT2D eigenvalue weighted by atomic mass is 15.0. The van der Waals surface area contributed by atoms with E-state index < -0.39 is 0 Å². The van der Waals surface area contributed by atoms with Crippen LogP contribution < -0.4 is 0 Å². The van der Waals surface area contributed by atoms with E-state index in [0.29, 0.717) is 34.9 Å². The van der Waals surface area contributed by atoms with Crippen LogP contribution in [0.15, 0.2) is 523 Å². The van der Waals surface area contributed by atoms with E-state index in [4.69, 9.17) is 49.8 Å². The van der Waals surface area contributed by atoms with Gasteiger partial charge in [0.2, 0.25) is 0 Å². The van der Waals surface area contributed by atoms with Crippen LogP contribution in [0.5, 0.6) is 0 Å². The molecular formula is C134H86N16. The Morgan fingerprint density at radius 2 is 0.407 bits per heavy atom. The van der Waals surface area contributed by atoms with Crippen molar-refractivity contribution in [2.45, 2.75) is 0 Å². The smallest absolute Gasteiger partial charge is 0.165 e. The molecule has 0 spiro atoms. The van der Waals surface area contributed by atoms with Crippen LogP contribution in [0, 0.1) is 0 Å². The second-order valence-corrected chi connectivity index (χ2v) is 36.4. The second-order valence-electron chi connectivity index (χ2n) is 36.4. The average molecular weight is 1920 g/mol. The topological polar surface area (TPSA) is 206 Å². The summed E-state index contributed by atoms with van der Waals surface area (Å²) in [5, 5.41) is 10.8. The largest absolute Gasteiger partial charge is 0.265 e. The fourth-order valence-electron chi connectivity index (χ4n) is 19.6. The highest BCUT2D eigenvalue weighted by Crippen LogP contribution is 2.44. The summed E-state index contributed by atoms with van der Waals surface area (Å²) in [6.07, 6.45) is 17.6. The zero-order valence-electron chi connectivity index (χ0n) is 80.8. The van der Waals surface area contributed by atoms with Gasteiger partial charge in [0.25, 0.3) is 0 Å². The Hall–Kier alpha value is -20.6. The fraction of sp³-hybridized carbons (Fsp3) is 0. The highest BCUT2D eigenvalue weighted by molar-refractivity contribution is 6.17. The van der Waals surface area contributed by atoms with Crippen LogP contribution in [0.1, 0.15) is 0 Å². The van der Waals surface area contributed by atoms with Gasteiger partial charge in [-0.15, -0.1) is 0 Å². The molecule has 0 bridgehead atoms. The summed E-state index contributed by atoms with van der Waals surface area (Å²) >= 11 is 0. The lowest BCUT2D eigenvalue weighted by atomic mass is 9.93. The van der Waals surface area contributed by atoms with Crippen LogP contribution in [0.4, 0.5) is 0 Å². The molecule has 0 saturated carbocycles. The maximum Gasteiger partial charge on any atom is 0.165 e. The van der Waals surface area contributed by atoms with Crippen molar-refractivity contribution in [2.24, 2.45) is 0 Å². The number of nitrogens with zero attached hydrogens (tertiary/aromatic N) is 16. The highest BCUT2D eigenvalue weighted by Gasteiger charge is 2.23. The first-order valence-electron chi connectivity index (χ1n) is 49.6. The average Bonchev–Trinajstić information content (AvgIpc) is 0.741. The molecule has 0 atom stereocenters. The molecule has 12 heterocycles. The summed E-state index contributed by atoms with van der Waals surface area (Å²) in [5.41, 5.74) is 33.2. The van der Waals surface area contributed by atoms with E-state index in [1.807, 2.05) is 84.9 Å². The van der Waals surface area contributed by atoms with Gasteiger partial charge in [-0.1, -0.05) is 322 Å². The van der Waals surface area contributed by atoms with Gasteiger partial charge in [0.15, 0.2) is 34.9 Å². The van der Waals surface area contributed by atoms with Gasteiger partial charge in [0.1, 0.15) is 0 Å². The molecule has 0 radical (unpaired) electrons. The molecular weight excluding hydrogens is 1830 g/mol. The second kappa shape index (κ2) is 41.0. The lowest BCUT2D eigenvalue weighted by Gasteiger charge is -2.14. The van der Waals surface area contributed by atoms with Crippen molar-refractivity contribution in [1.82, 2.24) is 79.7 Å². The summed E-state index contributed by atoms with van der Waals surface area (Å²) in [6, 6.07) is 160. The summed E-state index contributed by atoms with van der Waals surface area (Å²) in [4.78, 5) is 75.5. The van der Waals surface area contributed by atoms with Crippen LogP contribution in [0.2, 0.25) is 0 Å². The molecule has 12 aromatic heterocycles. The van der Waals surface area contributed by atoms with Gasteiger partial charge in [-0.25, -0.2) is 49.8 Å². The SMILES string of the molecule is c1ccc(-c2cc(-c3cccc(-c4ccc(-c5cc(-c6ccccn6)nc(-c6ccccn6)c5)cc4)c3)nc3ccc4ccccc4c23)cc1.c1ccc(-c2cc(-c3cccc(-c4ccc(-c5nc(-c6cccnc6)nc(-c6cccnc6)n5)cc4)c3)nc3ccc4ccccc4c23)cc1.c1ccc(-c2cc(-c3cccc(-c4ccc(-c5nc(-c6ccncc6)nc(-c6ccncc6)n5)cc4)c3)nc3ccc4ccccc4c23)cc1. The molecule has 27 aromatic rings. The molecule has 0 aliphatic heterocycles. The van der Waals surface area contributed by atoms with Gasteiger partial charge in [-0.3, -0.25) is 29.9 Å². The summed E-state index contributed by atoms with van der Waals surface area (Å²) < 4.78 is 0. The number of hydrogen-bond donors (Lipinski definition) is 0. The lowest BCUT2D eigenvalue weighted by Crippen LogP contribution is -2.00. The predicted octanol–water partition coefficient (Wildman–Crippen LogP) is 32.3. The zero-order valence-corrected chi connectivity index (χ0v) is 80.8. The predicted molar refractivity (Wildman–Crippen MR) is 607 cm³/mol. The molecule has 27 rings (SSSR count). The number of aromatic nitrogens is 16. The van der Waals surface area contributed by atoms with Gasteiger partial charge in [-0.05, 0) is 250 Å². The van der Waals surface area contributed by atoms with Crippen molar-refractivity contribution in [3.05, 3.63) is 523 Å². The van der Waals surface area contributed by atoms with E-state index in [-0.39, 0.29) is 0 Å². The van der Waals surface area contributed by atoms with Gasteiger partial charge >= 0.3 is 0 Å². The standard InChI is InChI=1S/C46H30N4.2C44H28N6/c1-2-11-33(12-3-1)39-30-43(49-42-24-23-34-13-4-5-16-38(34)46(39)42)36-15-10-14-35(27-36)31-19-21-32(22-20-31)37-28-44(40-17-6-8-25-47-40)50-45(29-37)41-18-7-9-26-48-41;1-2-9-30(10-3-1)38-26-40(47-39-22-21-31-11-4-5-16-37(31)41(38)39)34-13-6-12-33(25-34)29-17-19-32(20-18-29)42-48-43(35-14-7-23-45-27-35)50-44(49-42)36-15-8-24-46-28-36;1-2-7-30(8-3-1)38-28-40(47-39-18-17-31-9-4-5-12-37(31)41(38)39)36-11-6-10-35(27-36)29-13-15-32(16-14-29)42-48-43(33-19-23-45-24-20-33)50-44(49-42)34-21-25-46-26-22-34/h1-30H;2*1-28H. The zero-order chi connectivity index (χ0) is 99.8.